The molecule has 0 amide bonds. The average Bonchev–Trinajstić information content (AvgIpc) is 1.38. The van der Waals surface area contributed by atoms with Gasteiger partial charge in [-0.2, -0.15) is 0 Å². The molecule has 0 saturated heterocycles. The van der Waals surface area contributed by atoms with Crippen molar-refractivity contribution in [2.75, 3.05) is 0 Å². The van der Waals surface area contributed by atoms with Crippen LogP contribution in [0.2, 0.25) is 0 Å². The molecule has 0 aliphatic heterocycles. The van der Waals surface area contributed by atoms with Gasteiger partial charge in [0.1, 0.15) is 0 Å². The van der Waals surface area contributed by atoms with E-state index in [4.69, 9.17) is 0 Å². The Morgan fingerprint density at radius 3 is 1.80 bits per heavy atom. The van der Waals surface area contributed by atoms with Gasteiger partial charge in [-0.1, -0.05) is 0 Å². The van der Waals surface area contributed by atoms with Crippen LogP contribution in [0.15, 0.2) is 0 Å². The third-order valence-corrected chi connectivity index (χ3v) is 5.48. The van der Waals surface area contributed by atoms with Gasteiger partial charge in [-0.3, -0.25) is 0 Å². The molecule has 0 rings (SSSR count). The molecule has 0 atom stereocenters. The van der Waals surface area contributed by atoms with Gasteiger partial charge in [0.25, 0.3) is 0 Å². The first-order valence-electron chi connectivity index (χ1n) is 1.63. The number of hydrogen-bond acceptors (Lipinski definition) is 1. The fourth-order valence-corrected chi connectivity index (χ4v) is 0. The van der Waals surface area contributed by atoms with Crippen LogP contribution in [0.1, 0.15) is 13.8 Å². The van der Waals surface area contributed by atoms with Crippen molar-refractivity contribution in [3.05, 3.63) is 0 Å². The number of rotatable bonds is 1. The molecule has 0 aromatic rings. The molecule has 0 aromatic carbocycles. The molecular weight excluding hydrogens is 187 g/mol. The molecule has 0 unspecified atom stereocenters. The molecule has 0 spiro atoms. The molecule has 0 fully saturated rings. The standard InChI is InChI=1S/C3H8S.Sn.H/c1-3(2)4;;/h3-4H,1-2H3;;/q;+1;/p-1. The predicted octanol–water partition coefficient (Wildman–Crippen LogP) is 0.944. The third kappa shape index (κ3) is 5.15. The Morgan fingerprint density at radius 2 is 1.80 bits per heavy atom. The predicted molar refractivity (Wildman–Crippen MR) is 29.9 cm³/mol. The first kappa shape index (κ1) is 6.15. The molecule has 2 heteroatoms. The normalized spacial score (nSPS) is 9.60. The van der Waals surface area contributed by atoms with Crippen LogP contribution in [0, 0.1) is 0 Å². The van der Waals surface area contributed by atoms with E-state index in [9.17, 15) is 0 Å². The van der Waals surface area contributed by atoms with Gasteiger partial charge in [0.2, 0.25) is 0 Å². The van der Waals surface area contributed by atoms with E-state index in [0.29, 0.717) is 0 Å². The van der Waals surface area contributed by atoms with Crippen LogP contribution in [0.5, 0.6) is 0 Å². The van der Waals surface area contributed by atoms with Crippen LogP contribution in [-0.4, -0.2) is 26.4 Å². The summed E-state index contributed by atoms with van der Waals surface area (Å²) >= 11 is 1.34. The summed E-state index contributed by atoms with van der Waals surface area (Å²) < 4.78 is 0. The van der Waals surface area contributed by atoms with E-state index in [-0.39, 0.29) is 0 Å². The Kier molecular flexibility index (Phi) is 4.11. The molecule has 2 radical (unpaired) electrons. The van der Waals surface area contributed by atoms with Gasteiger partial charge in [0.15, 0.2) is 0 Å². The quantitative estimate of drug-likeness (QED) is 0.561. The zero-order valence-electron chi connectivity index (χ0n) is 3.56. The maximum atomic E-state index is 2.22. The summed E-state index contributed by atoms with van der Waals surface area (Å²) in [5, 5.41) is 0.859. The molecule has 0 N–H and O–H groups in total. The summed E-state index contributed by atoms with van der Waals surface area (Å²) in [6.07, 6.45) is 0. The summed E-state index contributed by atoms with van der Waals surface area (Å²) in [6.45, 7) is 4.44. The fourth-order valence-electron chi connectivity index (χ4n) is 0. The second-order valence-corrected chi connectivity index (χ2v) is 4.73. The molecular formula is C3H8SSn. The van der Waals surface area contributed by atoms with Gasteiger partial charge in [0.05, 0.1) is 0 Å². The Bertz CT molecular complexity index is 20.9. The van der Waals surface area contributed by atoms with E-state index in [1.165, 1.54) is 21.1 Å². The van der Waals surface area contributed by atoms with E-state index in [0.717, 1.165) is 5.25 Å². The molecule has 0 aliphatic carbocycles. The van der Waals surface area contributed by atoms with E-state index < -0.39 is 0 Å². The van der Waals surface area contributed by atoms with Crippen LogP contribution >= 0.6 is 8.95 Å². The minimum absolute atomic E-state index is 0.859. The minimum atomic E-state index is 0.859. The monoisotopic (exact) mass is 196 g/mol. The Hall–Kier alpha value is 1.15. The van der Waals surface area contributed by atoms with Crippen molar-refractivity contribution < 1.29 is 0 Å². The third-order valence-electron chi connectivity index (χ3n) is 0.272. The topological polar surface area (TPSA) is 0 Å². The maximum absolute atomic E-state index is 2.22. The van der Waals surface area contributed by atoms with Crippen LogP contribution in [0.4, 0.5) is 0 Å². The van der Waals surface area contributed by atoms with Crippen molar-refractivity contribution in [2.24, 2.45) is 0 Å². The first-order chi connectivity index (χ1) is 2.27. The van der Waals surface area contributed by atoms with Crippen molar-refractivity contribution in [2.45, 2.75) is 19.1 Å². The average molecular weight is 195 g/mol. The van der Waals surface area contributed by atoms with Crippen LogP contribution < -0.4 is 0 Å². The SMILES string of the molecule is CC(C)[S][SnH]. The summed E-state index contributed by atoms with van der Waals surface area (Å²) in [4.78, 5) is 0. The molecule has 0 aliphatic rings. The van der Waals surface area contributed by atoms with E-state index >= 15 is 0 Å². The Labute approximate surface area is 49.3 Å². The van der Waals surface area contributed by atoms with E-state index in [1.54, 1.807) is 0 Å². The van der Waals surface area contributed by atoms with Gasteiger partial charge in [0, 0.05) is 0 Å². The molecule has 0 aromatic heterocycles. The molecule has 0 bridgehead atoms. The van der Waals surface area contributed by atoms with Gasteiger partial charge in [-0.05, 0) is 0 Å². The van der Waals surface area contributed by atoms with Gasteiger partial charge < -0.3 is 0 Å². The second-order valence-electron chi connectivity index (χ2n) is 1.18. The summed E-state index contributed by atoms with van der Waals surface area (Å²) in [5.41, 5.74) is 0. The molecule has 5 heavy (non-hydrogen) atoms. The van der Waals surface area contributed by atoms with E-state index in [1.807, 2.05) is 8.95 Å². The van der Waals surface area contributed by atoms with Crippen molar-refractivity contribution >= 4 is 30.1 Å². The van der Waals surface area contributed by atoms with Gasteiger partial charge >= 0.3 is 49.2 Å². The molecule has 0 nitrogen and oxygen atoms in total. The zero-order valence-corrected chi connectivity index (χ0v) is 7.68. The summed E-state index contributed by atoms with van der Waals surface area (Å²) in [6, 6.07) is 0. The van der Waals surface area contributed by atoms with E-state index in [2.05, 4.69) is 13.8 Å². The summed E-state index contributed by atoms with van der Waals surface area (Å²) in [5.74, 6) is 0. The van der Waals surface area contributed by atoms with Crippen LogP contribution in [-0.2, 0) is 0 Å². The second kappa shape index (κ2) is 3.34. The first-order valence-corrected chi connectivity index (χ1v) is 6.61. The van der Waals surface area contributed by atoms with Crippen molar-refractivity contribution in [3.63, 3.8) is 0 Å². The number of hydrogen-bond donors (Lipinski definition) is 0. The molecule has 30 valence electrons. The fraction of sp³-hybridized carbons (Fsp3) is 1.00. The van der Waals surface area contributed by atoms with Crippen LogP contribution in [0.25, 0.3) is 0 Å². The molecule has 0 saturated carbocycles. The van der Waals surface area contributed by atoms with Gasteiger partial charge in [-0.15, -0.1) is 0 Å². The Morgan fingerprint density at radius 1 is 1.60 bits per heavy atom. The Balaban J connectivity index is 2.54. The van der Waals surface area contributed by atoms with Crippen molar-refractivity contribution in [1.82, 2.24) is 0 Å². The summed E-state index contributed by atoms with van der Waals surface area (Å²) in [7, 11) is 2.01. The molecule has 0 heterocycles. The van der Waals surface area contributed by atoms with Gasteiger partial charge in [-0.25, -0.2) is 0 Å². The zero-order chi connectivity index (χ0) is 4.28. The van der Waals surface area contributed by atoms with Crippen molar-refractivity contribution in [1.29, 1.82) is 0 Å². The van der Waals surface area contributed by atoms with Crippen molar-refractivity contribution in [3.8, 4) is 0 Å². The van der Waals surface area contributed by atoms with Crippen LogP contribution in [0.3, 0.4) is 0 Å².